The summed E-state index contributed by atoms with van der Waals surface area (Å²) in [7, 11) is 0. The number of hydrogen-bond donors (Lipinski definition) is 1. The molecule has 1 atom stereocenters. The molecule has 0 aliphatic heterocycles. The second kappa shape index (κ2) is 6.16. The van der Waals surface area contributed by atoms with Gasteiger partial charge in [0.1, 0.15) is 18.7 Å². The van der Waals surface area contributed by atoms with E-state index in [1.807, 2.05) is 36.7 Å². The van der Waals surface area contributed by atoms with Gasteiger partial charge in [0.25, 0.3) is 0 Å². The molecule has 0 bridgehead atoms. The molecule has 0 radical (unpaired) electrons. The number of nitrogens with two attached hydrogens (primary N) is 1. The van der Waals surface area contributed by atoms with Gasteiger partial charge in [-0.25, -0.2) is 9.67 Å². The minimum atomic E-state index is -0.0865. The molecule has 2 rings (SSSR count). The molecule has 0 aliphatic carbocycles. The monoisotopic (exact) mass is 324 g/mol. The molecule has 0 spiro atoms. The lowest BCUT2D eigenvalue weighted by Crippen LogP contribution is -2.11. The highest BCUT2D eigenvalue weighted by molar-refractivity contribution is 9.10. The number of ether oxygens (including phenoxy) is 1. The van der Waals surface area contributed by atoms with Crippen LogP contribution in [-0.4, -0.2) is 14.8 Å². The van der Waals surface area contributed by atoms with E-state index in [2.05, 4.69) is 26.0 Å². The van der Waals surface area contributed by atoms with Gasteiger partial charge in [0.15, 0.2) is 5.82 Å². The van der Waals surface area contributed by atoms with Gasteiger partial charge < -0.3 is 10.5 Å². The Morgan fingerprint density at radius 2 is 2.26 bits per heavy atom. The number of benzene rings is 1. The summed E-state index contributed by atoms with van der Waals surface area (Å²) in [5.41, 5.74) is 6.92. The molecule has 102 valence electrons. The van der Waals surface area contributed by atoms with Crippen LogP contribution in [0.1, 0.15) is 31.3 Å². The molecule has 1 aromatic carbocycles. The lowest BCUT2D eigenvalue weighted by atomic mass is 10.1. The van der Waals surface area contributed by atoms with Crippen LogP contribution in [0.2, 0.25) is 0 Å². The Bertz CT molecular complexity index is 553. The number of halogens is 1. The minimum absolute atomic E-state index is 0.0865. The molecule has 0 fully saturated rings. The summed E-state index contributed by atoms with van der Waals surface area (Å²) in [6, 6.07) is 5.74. The molecule has 2 aromatic rings. The van der Waals surface area contributed by atoms with Gasteiger partial charge >= 0.3 is 0 Å². The number of hydrogen-bond acceptors (Lipinski definition) is 4. The molecule has 19 heavy (non-hydrogen) atoms. The van der Waals surface area contributed by atoms with E-state index in [9.17, 15) is 0 Å². The van der Waals surface area contributed by atoms with Gasteiger partial charge in [-0.1, -0.05) is 15.9 Å². The highest BCUT2D eigenvalue weighted by atomic mass is 79.9. The molecule has 1 heterocycles. The molecule has 0 saturated heterocycles. The zero-order chi connectivity index (χ0) is 13.8. The van der Waals surface area contributed by atoms with Crippen LogP contribution in [0.25, 0.3) is 0 Å². The van der Waals surface area contributed by atoms with Crippen molar-refractivity contribution < 1.29 is 4.74 Å². The first-order chi connectivity index (χ1) is 9.11. The molecule has 2 N–H and O–H groups in total. The van der Waals surface area contributed by atoms with E-state index in [-0.39, 0.29) is 6.04 Å². The molecule has 0 saturated carbocycles. The highest BCUT2D eigenvalue weighted by Crippen LogP contribution is 2.27. The summed E-state index contributed by atoms with van der Waals surface area (Å²) < 4.78 is 8.62. The van der Waals surface area contributed by atoms with Crippen LogP contribution in [0.3, 0.4) is 0 Å². The predicted octanol–water partition coefficient (Wildman–Crippen LogP) is 2.66. The normalized spacial score (nSPS) is 12.4. The van der Waals surface area contributed by atoms with Gasteiger partial charge in [0.05, 0.1) is 0 Å². The molecule has 0 amide bonds. The second-order valence-corrected chi connectivity index (χ2v) is 5.17. The van der Waals surface area contributed by atoms with Gasteiger partial charge in [-0.15, -0.1) is 0 Å². The molecule has 1 aromatic heterocycles. The molecule has 0 aliphatic rings. The van der Waals surface area contributed by atoms with Gasteiger partial charge in [0, 0.05) is 22.6 Å². The number of nitrogens with zero attached hydrogens (tertiary/aromatic N) is 3. The first-order valence-electron chi connectivity index (χ1n) is 6.16. The zero-order valence-corrected chi connectivity index (χ0v) is 12.6. The average Bonchev–Trinajstić information content (AvgIpc) is 2.84. The maximum absolute atomic E-state index is 5.95. The maximum Gasteiger partial charge on any atom is 0.164 e. The molecule has 1 unspecified atom stereocenters. The van der Waals surface area contributed by atoms with Gasteiger partial charge in [-0.2, -0.15) is 5.10 Å². The van der Waals surface area contributed by atoms with Crippen LogP contribution in [0.4, 0.5) is 0 Å². The van der Waals surface area contributed by atoms with Crippen LogP contribution in [0.5, 0.6) is 5.75 Å². The van der Waals surface area contributed by atoms with Crippen molar-refractivity contribution in [1.82, 2.24) is 14.8 Å². The Labute approximate surface area is 120 Å². The van der Waals surface area contributed by atoms with Crippen molar-refractivity contribution in [3.05, 3.63) is 40.4 Å². The van der Waals surface area contributed by atoms with E-state index in [1.54, 1.807) is 0 Å². The first kappa shape index (κ1) is 14.0. The molecular formula is C13H17BrN4O. The van der Waals surface area contributed by atoms with Crippen molar-refractivity contribution in [1.29, 1.82) is 0 Å². The first-order valence-corrected chi connectivity index (χ1v) is 6.95. The van der Waals surface area contributed by atoms with E-state index in [0.717, 1.165) is 28.2 Å². The lowest BCUT2D eigenvalue weighted by Gasteiger charge is -2.14. The average molecular weight is 325 g/mol. The SMILES string of the molecule is CCn1ncnc1COc1ccc(Br)cc1C(C)N. The second-order valence-electron chi connectivity index (χ2n) is 4.25. The van der Waals surface area contributed by atoms with Crippen molar-refractivity contribution in [2.24, 2.45) is 5.73 Å². The van der Waals surface area contributed by atoms with Crippen molar-refractivity contribution >= 4 is 15.9 Å². The Hall–Kier alpha value is -1.40. The standard InChI is InChI=1S/C13H17BrN4O/c1-3-18-13(16-8-17-18)7-19-12-5-4-10(14)6-11(12)9(2)15/h4-6,8-9H,3,7,15H2,1-2H3. The van der Waals surface area contributed by atoms with Gasteiger partial charge in [-0.3, -0.25) is 0 Å². The number of aromatic nitrogens is 3. The van der Waals surface area contributed by atoms with Crippen molar-refractivity contribution in [3.8, 4) is 5.75 Å². The Morgan fingerprint density at radius 1 is 1.47 bits per heavy atom. The third kappa shape index (κ3) is 3.33. The predicted molar refractivity (Wildman–Crippen MR) is 76.8 cm³/mol. The van der Waals surface area contributed by atoms with Crippen LogP contribution >= 0.6 is 15.9 Å². The topological polar surface area (TPSA) is 66.0 Å². The van der Waals surface area contributed by atoms with E-state index < -0.39 is 0 Å². The van der Waals surface area contributed by atoms with Crippen molar-refractivity contribution in [3.63, 3.8) is 0 Å². The van der Waals surface area contributed by atoms with E-state index >= 15 is 0 Å². The minimum Gasteiger partial charge on any atom is -0.485 e. The largest absolute Gasteiger partial charge is 0.485 e. The van der Waals surface area contributed by atoms with Gasteiger partial charge in [0.2, 0.25) is 0 Å². The Kier molecular flexibility index (Phi) is 4.55. The summed E-state index contributed by atoms with van der Waals surface area (Å²) >= 11 is 3.44. The Morgan fingerprint density at radius 3 is 2.95 bits per heavy atom. The number of aryl methyl sites for hydroxylation is 1. The lowest BCUT2D eigenvalue weighted by molar-refractivity contribution is 0.283. The summed E-state index contributed by atoms with van der Waals surface area (Å²) in [5, 5.41) is 4.11. The maximum atomic E-state index is 5.95. The van der Waals surface area contributed by atoms with Crippen LogP contribution in [0.15, 0.2) is 29.0 Å². The third-order valence-corrected chi connectivity index (χ3v) is 3.31. The number of rotatable bonds is 5. The molecule has 6 heteroatoms. The van der Waals surface area contributed by atoms with E-state index in [0.29, 0.717) is 6.61 Å². The fraction of sp³-hybridized carbons (Fsp3) is 0.385. The summed E-state index contributed by atoms with van der Waals surface area (Å²) in [4.78, 5) is 4.18. The fourth-order valence-electron chi connectivity index (χ4n) is 1.81. The summed E-state index contributed by atoms with van der Waals surface area (Å²) in [6.45, 7) is 5.11. The smallest absolute Gasteiger partial charge is 0.164 e. The van der Waals surface area contributed by atoms with Crippen molar-refractivity contribution in [2.45, 2.75) is 33.0 Å². The molecular weight excluding hydrogens is 308 g/mol. The van der Waals surface area contributed by atoms with Gasteiger partial charge in [-0.05, 0) is 32.0 Å². The van der Waals surface area contributed by atoms with Crippen LogP contribution in [-0.2, 0) is 13.2 Å². The Balaban J connectivity index is 2.15. The zero-order valence-electron chi connectivity index (χ0n) is 11.0. The molecule has 5 nitrogen and oxygen atoms in total. The van der Waals surface area contributed by atoms with E-state index in [4.69, 9.17) is 10.5 Å². The summed E-state index contributed by atoms with van der Waals surface area (Å²) in [5.74, 6) is 1.59. The summed E-state index contributed by atoms with van der Waals surface area (Å²) in [6.07, 6.45) is 1.54. The van der Waals surface area contributed by atoms with Crippen molar-refractivity contribution in [2.75, 3.05) is 0 Å². The van der Waals surface area contributed by atoms with Crippen LogP contribution < -0.4 is 10.5 Å². The van der Waals surface area contributed by atoms with E-state index in [1.165, 1.54) is 6.33 Å². The highest BCUT2D eigenvalue weighted by Gasteiger charge is 2.10. The third-order valence-electron chi connectivity index (χ3n) is 2.81. The quantitative estimate of drug-likeness (QED) is 0.918. The van der Waals surface area contributed by atoms with Crippen LogP contribution in [0, 0.1) is 0 Å². The fourth-order valence-corrected chi connectivity index (χ4v) is 2.19.